The molecule has 1 saturated heterocycles. The van der Waals surface area contributed by atoms with E-state index >= 15 is 0 Å². The van der Waals surface area contributed by atoms with Crippen LogP contribution in [-0.4, -0.2) is 35.7 Å². The zero-order valence-electron chi connectivity index (χ0n) is 12.7. The Hall–Kier alpha value is -1.55. The van der Waals surface area contributed by atoms with Crippen molar-refractivity contribution >= 4 is 5.97 Å². The van der Waals surface area contributed by atoms with E-state index in [1.807, 2.05) is 32.0 Å². The number of likely N-dealkylation sites (tertiary alicyclic amines) is 1. The number of carboxylic acid groups (broad SMARTS) is 1. The first-order chi connectivity index (χ1) is 10.0. The number of fused-ring (bicyclic) bond motifs is 1. The summed E-state index contributed by atoms with van der Waals surface area (Å²) >= 11 is 0. The van der Waals surface area contributed by atoms with Crippen molar-refractivity contribution < 1.29 is 14.6 Å². The molecular weight excluding hydrogens is 266 g/mol. The molecule has 4 nitrogen and oxygen atoms in total. The lowest BCUT2D eigenvalue weighted by Gasteiger charge is -2.35. The fraction of sp³-hybridized carbons (Fsp3) is 0.588. The quantitative estimate of drug-likeness (QED) is 0.929. The van der Waals surface area contributed by atoms with Crippen molar-refractivity contribution in [1.29, 1.82) is 0 Å². The number of para-hydroxylation sites is 1. The number of aliphatic carboxylic acids is 1. The highest BCUT2D eigenvalue weighted by atomic mass is 16.5. The second-order valence-corrected chi connectivity index (χ2v) is 6.53. The molecule has 4 heteroatoms. The van der Waals surface area contributed by atoms with E-state index in [2.05, 4.69) is 11.0 Å². The van der Waals surface area contributed by atoms with E-state index in [1.165, 1.54) is 5.56 Å². The molecule has 1 fully saturated rings. The minimum absolute atomic E-state index is 0.148. The Balaban J connectivity index is 1.86. The number of benzene rings is 1. The summed E-state index contributed by atoms with van der Waals surface area (Å²) in [6.07, 6.45) is 1.67. The zero-order valence-corrected chi connectivity index (χ0v) is 12.7. The van der Waals surface area contributed by atoms with Gasteiger partial charge in [0.15, 0.2) is 0 Å². The summed E-state index contributed by atoms with van der Waals surface area (Å²) in [5, 5.41) is 9.69. The highest BCUT2D eigenvalue weighted by Crippen LogP contribution is 2.44. The molecule has 0 radical (unpaired) electrons. The molecule has 21 heavy (non-hydrogen) atoms. The van der Waals surface area contributed by atoms with Crippen LogP contribution in [0.2, 0.25) is 0 Å². The molecule has 0 bridgehead atoms. The number of carboxylic acids is 1. The summed E-state index contributed by atoms with van der Waals surface area (Å²) in [5.74, 6) is 0.446. The molecule has 2 unspecified atom stereocenters. The number of nitrogens with zero attached hydrogens (tertiary/aromatic N) is 1. The van der Waals surface area contributed by atoms with Crippen LogP contribution in [0.25, 0.3) is 0 Å². The molecular formula is C17H23NO3. The van der Waals surface area contributed by atoms with Crippen molar-refractivity contribution in [2.45, 2.75) is 32.7 Å². The maximum Gasteiger partial charge on any atom is 0.311 e. The van der Waals surface area contributed by atoms with Gasteiger partial charge in [0.05, 0.1) is 12.0 Å². The lowest BCUT2D eigenvalue weighted by atomic mass is 9.76. The SMILES string of the molecule is CC(C)C1(C(=O)O)CCN(C2CCOc3ccccc32)C1. The molecule has 0 saturated carbocycles. The molecule has 2 atom stereocenters. The van der Waals surface area contributed by atoms with Crippen LogP contribution in [0, 0.1) is 11.3 Å². The van der Waals surface area contributed by atoms with E-state index in [0.29, 0.717) is 13.2 Å². The molecule has 0 spiro atoms. The van der Waals surface area contributed by atoms with Crippen LogP contribution in [-0.2, 0) is 4.79 Å². The predicted octanol–water partition coefficient (Wildman–Crippen LogP) is 2.94. The Labute approximate surface area is 125 Å². The average Bonchev–Trinajstić information content (AvgIpc) is 2.93. The first-order valence-electron chi connectivity index (χ1n) is 7.74. The molecule has 1 aromatic carbocycles. The highest BCUT2D eigenvalue weighted by molar-refractivity contribution is 5.75. The van der Waals surface area contributed by atoms with Gasteiger partial charge in [0.25, 0.3) is 0 Å². The summed E-state index contributed by atoms with van der Waals surface area (Å²) in [6.45, 7) is 6.24. The van der Waals surface area contributed by atoms with Crippen LogP contribution < -0.4 is 4.74 Å². The Morgan fingerprint density at radius 3 is 2.86 bits per heavy atom. The van der Waals surface area contributed by atoms with Crippen LogP contribution in [0.1, 0.15) is 38.3 Å². The smallest absolute Gasteiger partial charge is 0.311 e. The summed E-state index contributed by atoms with van der Waals surface area (Å²) in [5.41, 5.74) is 0.599. The molecule has 2 aliphatic rings. The summed E-state index contributed by atoms with van der Waals surface area (Å²) in [6, 6.07) is 8.42. The minimum atomic E-state index is -0.652. The van der Waals surface area contributed by atoms with Gasteiger partial charge in [-0.2, -0.15) is 0 Å². The van der Waals surface area contributed by atoms with E-state index < -0.39 is 11.4 Å². The third kappa shape index (κ3) is 2.31. The summed E-state index contributed by atoms with van der Waals surface area (Å²) in [7, 11) is 0. The van der Waals surface area contributed by atoms with Gasteiger partial charge in [0.2, 0.25) is 0 Å². The van der Waals surface area contributed by atoms with Gasteiger partial charge >= 0.3 is 5.97 Å². The standard InChI is InChI=1S/C17H23NO3/c1-12(2)17(16(19)20)8-9-18(11-17)14-7-10-21-15-6-4-3-5-13(14)15/h3-6,12,14H,7-11H2,1-2H3,(H,19,20). The fourth-order valence-electron chi connectivity index (χ4n) is 3.72. The normalized spacial score (nSPS) is 29.2. The van der Waals surface area contributed by atoms with Crippen molar-refractivity contribution in [2.24, 2.45) is 11.3 Å². The van der Waals surface area contributed by atoms with Gasteiger partial charge in [-0.05, 0) is 24.9 Å². The predicted molar refractivity (Wildman–Crippen MR) is 80.4 cm³/mol. The van der Waals surface area contributed by atoms with E-state index in [0.717, 1.165) is 25.1 Å². The molecule has 0 aliphatic carbocycles. The van der Waals surface area contributed by atoms with Gasteiger partial charge in [-0.1, -0.05) is 32.0 Å². The van der Waals surface area contributed by atoms with E-state index in [1.54, 1.807) is 0 Å². The van der Waals surface area contributed by atoms with E-state index in [-0.39, 0.29) is 12.0 Å². The number of rotatable bonds is 3. The zero-order chi connectivity index (χ0) is 15.0. The molecule has 0 amide bonds. The van der Waals surface area contributed by atoms with Crippen molar-refractivity contribution in [1.82, 2.24) is 4.90 Å². The van der Waals surface area contributed by atoms with Crippen LogP contribution in [0.4, 0.5) is 0 Å². The lowest BCUT2D eigenvalue weighted by molar-refractivity contribution is -0.151. The van der Waals surface area contributed by atoms with E-state index in [4.69, 9.17) is 4.74 Å². The van der Waals surface area contributed by atoms with Gasteiger partial charge in [-0.3, -0.25) is 9.69 Å². The Morgan fingerprint density at radius 1 is 1.43 bits per heavy atom. The number of hydrogen-bond donors (Lipinski definition) is 1. The molecule has 114 valence electrons. The Bertz CT molecular complexity index is 543. The fourth-order valence-corrected chi connectivity index (χ4v) is 3.72. The molecule has 2 heterocycles. The van der Waals surface area contributed by atoms with Crippen molar-refractivity contribution in [3.8, 4) is 5.75 Å². The number of carbonyl (C=O) groups is 1. The topological polar surface area (TPSA) is 49.8 Å². The van der Waals surface area contributed by atoms with Crippen LogP contribution in [0.15, 0.2) is 24.3 Å². The molecule has 2 aliphatic heterocycles. The molecule has 3 rings (SSSR count). The van der Waals surface area contributed by atoms with Crippen LogP contribution in [0.3, 0.4) is 0 Å². The van der Waals surface area contributed by atoms with Gasteiger partial charge < -0.3 is 9.84 Å². The van der Waals surface area contributed by atoms with Crippen molar-refractivity contribution in [2.75, 3.05) is 19.7 Å². The third-order valence-electron chi connectivity index (χ3n) is 5.23. The lowest BCUT2D eigenvalue weighted by Crippen LogP contribution is -2.40. The largest absolute Gasteiger partial charge is 0.493 e. The minimum Gasteiger partial charge on any atom is -0.493 e. The first-order valence-corrected chi connectivity index (χ1v) is 7.74. The highest BCUT2D eigenvalue weighted by Gasteiger charge is 2.49. The molecule has 0 aromatic heterocycles. The number of hydrogen-bond acceptors (Lipinski definition) is 3. The van der Waals surface area contributed by atoms with Crippen molar-refractivity contribution in [3.05, 3.63) is 29.8 Å². The van der Waals surface area contributed by atoms with E-state index in [9.17, 15) is 9.90 Å². The van der Waals surface area contributed by atoms with Crippen LogP contribution in [0.5, 0.6) is 5.75 Å². The Morgan fingerprint density at radius 2 is 2.19 bits per heavy atom. The number of ether oxygens (including phenoxy) is 1. The third-order valence-corrected chi connectivity index (χ3v) is 5.23. The Kier molecular flexibility index (Phi) is 3.66. The maximum atomic E-state index is 11.8. The molecule has 1 N–H and O–H groups in total. The van der Waals surface area contributed by atoms with Gasteiger partial charge in [0, 0.05) is 24.6 Å². The van der Waals surface area contributed by atoms with Crippen molar-refractivity contribution in [3.63, 3.8) is 0 Å². The summed E-state index contributed by atoms with van der Waals surface area (Å²) < 4.78 is 5.72. The monoisotopic (exact) mass is 289 g/mol. The second-order valence-electron chi connectivity index (χ2n) is 6.53. The van der Waals surface area contributed by atoms with Crippen LogP contribution >= 0.6 is 0 Å². The maximum absolute atomic E-state index is 11.8. The summed E-state index contributed by atoms with van der Waals surface area (Å²) in [4.78, 5) is 14.1. The van der Waals surface area contributed by atoms with Gasteiger partial charge in [-0.25, -0.2) is 0 Å². The molecule has 1 aromatic rings. The van der Waals surface area contributed by atoms with Gasteiger partial charge in [-0.15, -0.1) is 0 Å². The average molecular weight is 289 g/mol. The van der Waals surface area contributed by atoms with Gasteiger partial charge in [0.1, 0.15) is 5.75 Å². The first kappa shape index (κ1) is 14.4. The second kappa shape index (κ2) is 5.34.